The number of hydrogen-bond acceptors (Lipinski definition) is 4. The van der Waals surface area contributed by atoms with E-state index in [1.54, 1.807) is 4.68 Å². The van der Waals surface area contributed by atoms with E-state index >= 15 is 0 Å². The number of fused-ring (bicyclic) bond motifs is 1. The van der Waals surface area contributed by atoms with Crippen molar-refractivity contribution in [1.82, 2.24) is 9.78 Å². The van der Waals surface area contributed by atoms with Gasteiger partial charge in [-0.05, 0) is 42.0 Å². The molecule has 0 saturated carbocycles. The molecular formula is C19H16ClN5O. The minimum absolute atomic E-state index is 0.246. The van der Waals surface area contributed by atoms with Crippen LogP contribution in [-0.2, 0) is 11.3 Å². The first-order valence-electron chi connectivity index (χ1n) is 7.85. The molecule has 3 N–H and O–H groups in total. The average Bonchev–Trinajstić information content (AvgIpc) is 2.99. The molecular weight excluding hydrogens is 350 g/mol. The maximum Gasteiger partial charge on any atom is 0.274 e. The number of hydrogen-bond donors (Lipinski definition) is 3. The molecule has 0 aliphatic rings. The van der Waals surface area contributed by atoms with Crippen molar-refractivity contribution in [2.24, 2.45) is 0 Å². The number of halogens is 1. The molecule has 0 saturated heterocycles. The Morgan fingerprint density at radius 2 is 1.92 bits per heavy atom. The molecule has 2 aromatic carbocycles. The molecule has 0 unspecified atom stereocenters. The summed E-state index contributed by atoms with van der Waals surface area (Å²) in [5.41, 5.74) is 1.66. The van der Waals surface area contributed by atoms with Crippen LogP contribution >= 0.6 is 11.6 Å². The van der Waals surface area contributed by atoms with E-state index in [2.05, 4.69) is 10.4 Å². The third-order valence-electron chi connectivity index (χ3n) is 3.74. The van der Waals surface area contributed by atoms with Crippen molar-refractivity contribution >= 4 is 46.2 Å². The van der Waals surface area contributed by atoms with Crippen LogP contribution in [0.3, 0.4) is 0 Å². The molecule has 3 aromatic rings. The Labute approximate surface area is 155 Å². The number of para-hydroxylation sites is 1. The third kappa shape index (κ3) is 3.87. The van der Waals surface area contributed by atoms with Gasteiger partial charge in [-0.25, -0.2) is 0 Å². The maximum absolute atomic E-state index is 12.1. The number of carbonyl (C=O) groups excluding carboxylic acids is 1. The van der Waals surface area contributed by atoms with E-state index in [9.17, 15) is 4.79 Å². The number of amides is 1. The van der Waals surface area contributed by atoms with Crippen LogP contribution in [0.5, 0.6) is 0 Å². The predicted octanol–water partition coefficient (Wildman–Crippen LogP) is 3.90. The van der Waals surface area contributed by atoms with Crippen LogP contribution in [0.4, 0.5) is 5.82 Å². The first kappa shape index (κ1) is 17.6. The molecule has 1 heterocycles. The number of nitrogens with zero attached hydrogens (tertiary/aromatic N) is 2. The molecule has 0 radical (unpaired) electrons. The Morgan fingerprint density at radius 3 is 2.65 bits per heavy atom. The molecule has 6 nitrogen and oxygen atoms in total. The summed E-state index contributed by atoms with van der Waals surface area (Å²) < 4.78 is 1.80. The average molecular weight is 366 g/mol. The van der Waals surface area contributed by atoms with E-state index in [0.717, 1.165) is 22.7 Å². The van der Waals surface area contributed by atoms with Crippen LogP contribution in [0, 0.1) is 10.8 Å². The third-order valence-corrected chi connectivity index (χ3v) is 3.99. The maximum atomic E-state index is 12.1. The highest BCUT2D eigenvalue weighted by Gasteiger charge is 2.14. The lowest BCUT2D eigenvalue weighted by Gasteiger charge is -2.04. The number of benzene rings is 2. The Hall–Kier alpha value is -3.25. The SMILES string of the molecule is N=C/C=C\C(=N)C(=O)Nc1nn(Cc2ccc(Cl)cc2)c2ccccc12. The van der Waals surface area contributed by atoms with Gasteiger partial charge in [-0.15, -0.1) is 0 Å². The Bertz CT molecular complexity index is 1000. The van der Waals surface area contributed by atoms with E-state index in [1.165, 1.54) is 12.2 Å². The molecule has 0 atom stereocenters. The molecule has 3 rings (SSSR count). The molecule has 1 aromatic heterocycles. The predicted molar refractivity (Wildman–Crippen MR) is 105 cm³/mol. The number of carbonyl (C=O) groups is 1. The largest absolute Gasteiger partial charge is 0.309 e. The van der Waals surface area contributed by atoms with Crippen molar-refractivity contribution in [2.45, 2.75) is 6.54 Å². The number of allylic oxidation sites excluding steroid dienone is 1. The molecule has 0 bridgehead atoms. The zero-order valence-electron chi connectivity index (χ0n) is 13.7. The van der Waals surface area contributed by atoms with E-state index < -0.39 is 5.91 Å². The number of rotatable bonds is 6. The van der Waals surface area contributed by atoms with Crippen LogP contribution in [0.15, 0.2) is 60.7 Å². The summed E-state index contributed by atoms with van der Waals surface area (Å²) in [6.45, 7) is 0.526. The van der Waals surface area contributed by atoms with E-state index in [4.69, 9.17) is 22.4 Å². The second kappa shape index (κ2) is 7.76. The van der Waals surface area contributed by atoms with Gasteiger partial charge in [0.1, 0.15) is 5.71 Å². The van der Waals surface area contributed by atoms with Crippen LogP contribution in [0.25, 0.3) is 10.9 Å². The van der Waals surface area contributed by atoms with Crippen molar-refractivity contribution < 1.29 is 4.79 Å². The standard InChI is InChI=1S/C19H16ClN5O/c20-14-9-7-13(8-10-14)12-25-17-6-2-1-4-15(17)18(24-25)23-19(26)16(22)5-3-11-21/h1-11,21-22H,12H2,(H,23,24,26)/b5-3-,21-11?,22-16?. The zero-order chi connectivity index (χ0) is 18.5. The highest BCUT2D eigenvalue weighted by Crippen LogP contribution is 2.24. The lowest BCUT2D eigenvalue weighted by Crippen LogP contribution is -2.20. The second-order valence-corrected chi connectivity index (χ2v) is 5.98. The van der Waals surface area contributed by atoms with E-state index in [0.29, 0.717) is 17.4 Å². The summed E-state index contributed by atoms with van der Waals surface area (Å²) in [5, 5.41) is 23.3. The molecule has 130 valence electrons. The van der Waals surface area contributed by atoms with Crippen LogP contribution < -0.4 is 5.32 Å². The molecule has 26 heavy (non-hydrogen) atoms. The summed E-state index contributed by atoms with van der Waals surface area (Å²) in [6, 6.07) is 15.1. The quantitative estimate of drug-likeness (QED) is 0.578. The minimum Gasteiger partial charge on any atom is -0.309 e. The van der Waals surface area contributed by atoms with Crippen molar-refractivity contribution in [3.63, 3.8) is 0 Å². The van der Waals surface area contributed by atoms with Gasteiger partial charge in [0.05, 0.1) is 12.1 Å². The summed E-state index contributed by atoms with van der Waals surface area (Å²) >= 11 is 5.93. The van der Waals surface area contributed by atoms with Gasteiger partial charge in [0, 0.05) is 16.6 Å². The molecule has 1 amide bonds. The smallest absolute Gasteiger partial charge is 0.274 e. The summed E-state index contributed by atoms with van der Waals surface area (Å²) in [5.74, 6) is -0.183. The Kier molecular flexibility index (Phi) is 5.24. The molecule has 0 aliphatic carbocycles. The van der Waals surface area contributed by atoms with Gasteiger partial charge >= 0.3 is 0 Å². The van der Waals surface area contributed by atoms with Gasteiger partial charge in [0.25, 0.3) is 5.91 Å². The van der Waals surface area contributed by atoms with Gasteiger partial charge in [-0.2, -0.15) is 5.10 Å². The van der Waals surface area contributed by atoms with Gasteiger partial charge in [-0.3, -0.25) is 14.9 Å². The lowest BCUT2D eigenvalue weighted by atomic mass is 10.2. The topological polar surface area (TPSA) is 94.6 Å². The van der Waals surface area contributed by atoms with Crippen LogP contribution in [0.2, 0.25) is 5.02 Å². The first-order valence-corrected chi connectivity index (χ1v) is 8.23. The molecule has 0 fully saturated rings. The van der Waals surface area contributed by atoms with Crippen molar-refractivity contribution in [1.29, 1.82) is 10.8 Å². The Morgan fingerprint density at radius 1 is 1.19 bits per heavy atom. The van der Waals surface area contributed by atoms with E-state index in [-0.39, 0.29) is 5.71 Å². The number of aromatic nitrogens is 2. The fourth-order valence-corrected chi connectivity index (χ4v) is 2.62. The van der Waals surface area contributed by atoms with Gasteiger partial charge < -0.3 is 10.7 Å². The highest BCUT2D eigenvalue weighted by atomic mass is 35.5. The molecule has 0 spiro atoms. The van der Waals surface area contributed by atoms with Crippen LogP contribution in [0.1, 0.15) is 5.56 Å². The van der Waals surface area contributed by atoms with Gasteiger partial charge in [0.2, 0.25) is 0 Å². The second-order valence-electron chi connectivity index (χ2n) is 5.54. The van der Waals surface area contributed by atoms with Gasteiger partial charge in [-0.1, -0.05) is 35.9 Å². The van der Waals surface area contributed by atoms with Crippen LogP contribution in [-0.4, -0.2) is 27.6 Å². The summed E-state index contributed by atoms with van der Waals surface area (Å²) in [4.78, 5) is 12.1. The fourth-order valence-electron chi connectivity index (χ4n) is 2.50. The molecule has 0 aliphatic heterocycles. The van der Waals surface area contributed by atoms with Gasteiger partial charge in [0.15, 0.2) is 5.82 Å². The lowest BCUT2D eigenvalue weighted by molar-refractivity contribution is -0.110. The summed E-state index contributed by atoms with van der Waals surface area (Å²) in [6.07, 6.45) is 3.59. The summed E-state index contributed by atoms with van der Waals surface area (Å²) in [7, 11) is 0. The monoisotopic (exact) mass is 365 g/mol. The number of anilines is 1. The van der Waals surface area contributed by atoms with Crippen molar-refractivity contribution in [3.8, 4) is 0 Å². The van der Waals surface area contributed by atoms with Crippen molar-refractivity contribution in [2.75, 3.05) is 5.32 Å². The minimum atomic E-state index is -0.579. The van der Waals surface area contributed by atoms with E-state index in [1.807, 2.05) is 48.5 Å². The first-order chi connectivity index (χ1) is 12.6. The zero-order valence-corrected chi connectivity index (χ0v) is 14.5. The fraction of sp³-hybridized carbons (Fsp3) is 0.0526. The number of nitrogens with one attached hydrogen (secondary N) is 3. The normalized spacial score (nSPS) is 11.0. The Balaban J connectivity index is 1.90. The molecule has 7 heteroatoms. The van der Waals surface area contributed by atoms with Crippen molar-refractivity contribution in [3.05, 3.63) is 71.3 Å². The highest BCUT2D eigenvalue weighted by molar-refractivity contribution is 6.46.